The summed E-state index contributed by atoms with van der Waals surface area (Å²) in [7, 11) is 0. The van der Waals surface area contributed by atoms with Gasteiger partial charge < -0.3 is 15.0 Å². The third-order valence-corrected chi connectivity index (χ3v) is 4.59. The first-order valence-corrected chi connectivity index (χ1v) is 8.98. The molecule has 1 aliphatic rings. The number of amides is 2. The average Bonchev–Trinajstić information content (AvgIpc) is 2.56. The van der Waals surface area contributed by atoms with E-state index in [0.717, 1.165) is 0 Å². The van der Waals surface area contributed by atoms with E-state index in [4.69, 9.17) is 0 Å². The zero-order valence-corrected chi connectivity index (χ0v) is 15.7. The maximum Gasteiger partial charge on any atom is 0.573 e. The van der Waals surface area contributed by atoms with Crippen LogP contribution in [0.15, 0.2) is 24.3 Å². The van der Waals surface area contributed by atoms with Gasteiger partial charge in [-0.2, -0.15) is 0 Å². The summed E-state index contributed by atoms with van der Waals surface area (Å²) < 4.78 is 40.3. The molecule has 0 aliphatic carbocycles. The summed E-state index contributed by atoms with van der Waals surface area (Å²) in [6.07, 6.45) is -3.89. The number of halogens is 3. The van der Waals surface area contributed by atoms with E-state index in [9.17, 15) is 22.8 Å². The molecule has 1 heterocycles. The lowest BCUT2D eigenvalue weighted by Gasteiger charge is -2.39. The molecule has 27 heavy (non-hydrogen) atoms. The summed E-state index contributed by atoms with van der Waals surface area (Å²) in [6, 6.07) is 5.18. The highest BCUT2D eigenvalue weighted by Crippen LogP contribution is 2.26. The van der Waals surface area contributed by atoms with E-state index in [0.29, 0.717) is 30.9 Å². The van der Waals surface area contributed by atoms with Gasteiger partial charge in [0.25, 0.3) is 0 Å². The number of hydrogen-bond donors (Lipinski definition) is 1. The van der Waals surface area contributed by atoms with Gasteiger partial charge in [0, 0.05) is 25.6 Å². The Labute approximate surface area is 156 Å². The van der Waals surface area contributed by atoms with Gasteiger partial charge in [-0.25, -0.2) is 0 Å². The molecule has 0 spiro atoms. The van der Waals surface area contributed by atoms with Crippen molar-refractivity contribution in [1.82, 2.24) is 10.2 Å². The number of nitrogens with zero attached hydrogens (tertiary/aromatic N) is 1. The number of carbonyl (C=O) groups is 2. The van der Waals surface area contributed by atoms with Crippen LogP contribution in [0.2, 0.25) is 0 Å². The van der Waals surface area contributed by atoms with Crippen molar-refractivity contribution >= 4 is 11.8 Å². The predicted molar refractivity (Wildman–Crippen MR) is 93.7 cm³/mol. The van der Waals surface area contributed by atoms with Crippen molar-refractivity contribution < 1.29 is 27.5 Å². The molecule has 1 fully saturated rings. The van der Waals surface area contributed by atoms with Crippen LogP contribution >= 0.6 is 0 Å². The van der Waals surface area contributed by atoms with Gasteiger partial charge in [0.15, 0.2) is 0 Å². The molecule has 0 aromatic heterocycles. The molecule has 1 aromatic carbocycles. The van der Waals surface area contributed by atoms with E-state index in [1.807, 2.05) is 20.8 Å². The fourth-order valence-corrected chi connectivity index (χ4v) is 3.25. The Morgan fingerprint density at radius 1 is 1.30 bits per heavy atom. The number of hydrogen-bond acceptors (Lipinski definition) is 3. The molecule has 2 amide bonds. The summed E-state index contributed by atoms with van der Waals surface area (Å²) in [5, 5.41) is 2.82. The summed E-state index contributed by atoms with van der Waals surface area (Å²) in [5.41, 5.74) is 0.663. The number of ether oxygens (including phenoxy) is 1. The number of rotatable bonds is 6. The van der Waals surface area contributed by atoms with Gasteiger partial charge in [0.2, 0.25) is 11.8 Å². The Morgan fingerprint density at radius 3 is 2.48 bits per heavy atom. The molecule has 1 saturated heterocycles. The average molecular weight is 386 g/mol. The van der Waals surface area contributed by atoms with Crippen LogP contribution in [0.4, 0.5) is 13.2 Å². The minimum absolute atomic E-state index is 0.0699. The lowest BCUT2D eigenvalue weighted by atomic mass is 9.88. The van der Waals surface area contributed by atoms with Gasteiger partial charge >= 0.3 is 6.36 Å². The van der Waals surface area contributed by atoms with Crippen LogP contribution in [-0.2, 0) is 16.1 Å². The Kier molecular flexibility index (Phi) is 6.73. The molecule has 0 bridgehead atoms. The molecule has 150 valence electrons. The van der Waals surface area contributed by atoms with E-state index >= 15 is 0 Å². The van der Waals surface area contributed by atoms with Crippen LogP contribution in [0.25, 0.3) is 0 Å². The van der Waals surface area contributed by atoms with Crippen molar-refractivity contribution in [1.29, 1.82) is 0 Å². The number of likely N-dealkylation sites (tertiary alicyclic amines) is 1. The largest absolute Gasteiger partial charge is 0.573 e. The number of nitrogens with one attached hydrogen (secondary N) is 1. The molecule has 1 N–H and O–H groups in total. The van der Waals surface area contributed by atoms with Crippen molar-refractivity contribution in [2.75, 3.05) is 6.54 Å². The first-order chi connectivity index (χ1) is 12.6. The Balaban J connectivity index is 1.92. The van der Waals surface area contributed by atoms with E-state index in [2.05, 4.69) is 10.1 Å². The lowest BCUT2D eigenvalue weighted by Crippen LogP contribution is -2.52. The van der Waals surface area contributed by atoms with Crippen LogP contribution in [0, 0.1) is 11.8 Å². The summed E-state index contributed by atoms with van der Waals surface area (Å²) in [5.74, 6) is -0.369. The van der Waals surface area contributed by atoms with Crippen molar-refractivity contribution in [3.05, 3.63) is 29.8 Å². The second-order valence-corrected chi connectivity index (χ2v) is 7.24. The number of piperidine rings is 1. The molecule has 5 nitrogen and oxygen atoms in total. The van der Waals surface area contributed by atoms with Gasteiger partial charge in [-0.3, -0.25) is 9.59 Å². The topological polar surface area (TPSA) is 58.6 Å². The van der Waals surface area contributed by atoms with Crippen LogP contribution in [0.5, 0.6) is 5.75 Å². The van der Waals surface area contributed by atoms with E-state index < -0.39 is 6.36 Å². The molecule has 2 rings (SSSR count). The fourth-order valence-electron chi connectivity index (χ4n) is 3.25. The van der Waals surface area contributed by atoms with Crippen molar-refractivity contribution in [3.8, 4) is 5.75 Å². The van der Waals surface area contributed by atoms with Gasteiger partial charge in [-0.05, 0) is 37.0 Å². The summed E-state index contributed by atoms with van der Waals surface area (Å²) in [6.45, 7) is 6.75. The van der Waals surface area contributed by atoms with Crippen molar-refractivity contribution in [2.24, 2.45) is 11.8 Å². The first-order valence-electron chi connectivity index (χ1n) is 8.98. The van der Waals surface area contributed by atoms with Crippen LogP contribution in [0.3, 0.4) is 0 Å². The van der Waals surface area contributed by atoms with Crippen molar-refractivity contribution in [2.45, 2.75) is 52.6 Å². The third kappa shape index (κ3) is 6.15. The molecule has 1 aliphatic heterocycles. The molecule has 0 saturated carbocycles. The highest BCUT2D eigenvalue weighted by atomic mass is 19.4. The molecule has 1 aromatic rings. The third-order valence-electron chi connectivity index (χ3n) is 4.59. The minimum Gasteiger partial charge on any atom is -0.406 e. The van der Waals surface area contributed by atoms with Gasteiger partial charge in [-0.1, -0.05) is 26.0 Å². The van der Waals surface area contributed by atoms with Crippen LogP contribution in [-0.4, -0.2) is 35.7 Å². The molecular weight excluding hydrogens is 361 g/mol. The van der Waals surface area contributed by atoms with E-state index in [-0.39, 0.29) is 36.1 Å². The predicted octanol–water partition coefficient (Wildman–Crippen LogP) is 3.48. The minimum atomic E-state index is -4.73. The smallest absolute Gasteiger partial charge is 0.406 e. The second-order valence-electron chi connectivity index (χ2n) is 7.24. The first kappa shape index (κ1) is 21.1. The quantitative estimate of drug-likeness (QED) is 0.814. The van der Waals surface area contributed by atoms with Crippen molar-refractivity contribution in [3.63, 3.8) is 0 Å². The standard InChI is InChI=1S/C19H25F3N2O3/c1-12(2)11-24-13(3)16(8-9-17(24)25)18(26)23-10-14-4-6-15(7-5-14)27-19(20,21)22/h4-7,12-13,16H,8-11H2,1-3H3,(H,23,26). The van der Waals surface area contributed by atoms with Gasteiger partial charge in [-0.15, -0.1) is 13.2 Å². The number of carbonyl (C=O) groups excluding carboxylic acids is 2. The van der Waals surface area contributed by atoms with E-state index in [1.54, 1.807) is 4.90 Å². The normalized spacial score (nSPS) is 20.7. The molecular formula is C19H25F3N2O3. The summed E-state index contributed by atoms with van der Waals surface area (Å²) in [4.78, 5) is 26.4. The lowest BCUT2D eigenvalue weighted by molar-refractivity contribution is -0.274. The van der Waals surface area contributed by atoms with E-state index in [1.165, 1.54) is 24.3 Å². The zero-order chi connectivity index (χ0) is 20.2. The highest BCUT2D eigenvalue weighted by Gasteiger charge is 2.36. The monoisotopic (exact) mass is 386 g/mol. The van der Waals surface area contributed by atoms with Crippen LogP contribution in [0.1, 0.15) is 39.2 Å². The molecule has 0 radical (unpaired) electrons. The van der Waals surface area contributed by atoms with Gasteiger partial charge in [0.05, 0.1) is 5.92 Å². The number of alkyl halides is 3. The molecule has 2 unspecified atom stereocenters. The maximum atomic E-state index is 12.6. The maximum absolute atomic E-state index is 12.6. The zero-order valence-electron chi connectivity index (χ0n) is 15.7. The Hall–Kier alpha value is -2.25. The fraction of sp³-hybridized carbons (Fsp3) is 0.579. The van der Waals surface area contributed by atoms with Gasteiger partial charge in [0.1, 0.15) is 5.75 Å². The summed E-state index contributed by atoms with van der Waals surface area (Å²) >= 11 is 0. The second kappa shape index (κ2) is 8.63. The molecule has 2 atom stereocenters. The number of benzene rings is 1. The molecule has 8 heteroatoms. The SMILES string of the molecule is CC(C)CN1C(=O)CCC(C(=O)NCc2ccc(OC(F)(F)F)cc2)C1C. The Morgan fingerprint density at radius 2 is 1.93 bits per heavy atom. The highest BCUT2D eigenvalue weighted by molar-refractivity contribution is 5.84. The van der Waals surface area contributed by atoms with Crippen LogP contribution < -0.4 is 10.1 Å². The Bertz CT molecular complexity index is 659.